The molecule has 0 bridgehead atoms. The van der Waals surface area contributed by atoms with Gasteiger partial charge < -0.3 is 5.32 Å². The minimum atomic E-state index is 0.300. The molecule has 3 aromatic heterocycles. The van der Waals surface area contributed by atoms with Crippen LogP contribution in [0.5, 0.6) is 0 Å². The Balaban J connectivity index is 1.55. The van der Waals surface area contributed by atoms with Crippen LogP contribution in [-0.4, -0.2) is 41.4 Å². The van der Waals surface area contributed by atoms with E-state index in [4.69, 9.17) is 4.98 Å². The highest BCUT2D eigenvalue weighted by Crippen LogP contribution is 2.33. The summed E-state index contributed by atoms with van der Waals surface area (Å²) in [4.78, 5) is 11.7. The molecule has 1 fully saturated rings. The Morgan fingerprint density at radius 3 is 2.88 bits per heavy atom. The van der Waals surface area contributed by atoms with Crippen LogP contribution in [0.15, 0.2) is 18.5 Å². The van der Waals surface area contributed by atoms with Crippen LogP contribution in [0.2, 0.25) is 0 Å². The number of aromatic nitrogens is 6. The minimum Gasteiger partial charge on any atom is -0.315 e. The van der Waals surface area contributed by atoms with E-state index in [0.29, 0.717) is 6.04 Å². The van der Waals surface area contributed by atoms with Crippen LogP contribution in [0.1, 0.15) is 41.0 Å². The summed E-state index contributed by atoms with van der Waals surface area (Å²) in [6, 6.07) is 2.34. The molecule has 1 N–H and O–H groups in total. The highest BCUT2D eigenvalue weighted by molar-refractivity contribution is 7.15. The van der Waals surface area contributed by atoms with Crippen molar-refractivity contribution >= 4 is 22.3 Å². The largest absolute Gasteiger partial charge is 0.315 e. The van der Waals surface area contributed by atoms with Crippen molar-refractivity contribution in [2.75, 3.05) is 11.9 Å². The van der Waals surface area contributed by atoms with Crippen molar-refractivity contribution in [3.05, 3.63) is 40.5 Å². The van der Waals surface area contributed by atoms with Crippen molar-refractivity contribution in [3.63, 3.8) is 0 Å². The molecule has 0 amide bonds. The molecule has 4 rings (SSSR count). The predicted molar refractivity (Wildman–Crippen MR) is 100 cm³/mol. The van der Waals surface area contributed by atoms with Gasteiger partial charge in [-0.1, -0.05) is 11.3 Å². The van der Waals surface area contributed by atoms with Gasteiger partial charge in [0.25, 0.3) is 0 Å². The zero-order valence-electron chi connectivity index (χ0n) is 15.2. The molecule has 1 saturated heterocycles. The van der Waals surface area contributed by atoms with E-state index in [1.165, 1.54) is 23.3 Å². The zero-order valence-corrected chi connectivity index (χ0v) is 16.0. The number of hydrogen-bond donors (Lipinski definition) is 1. The topological polar surface area (TPSA) is 84.7 Å². The molecule has 3 aromatic rings. The predicted octanol–water partition coefficient (Wildman–Crippen LogP) is 2.76. The summed E-state index contributed by atoms with van der Waals surface area (Å²) in [6.45, 7) is 5.83. The number of hydrogen-bond acceptors (Lipinski definition) is 8. The molecule has 1 aliphatic rings. The SMILES string of the molecule is Cc1nc(Nc2nnc(C)s2)cc(C2CCCN2Cc2cnn(C)c2)n1. The van der Waals surface area contributed by atoms with Gasteiger partial charge in [-0.15, -0.1) is 10.2 Å². The third kappa shape index (κ3) is 3.73. The Labute approximate surface area is 156 Å². The summed E-state index contributed by atoms with van der Waals surface area (Å²) in [5, 5.41) is 17.4. The molecule has 8 nitrogen and oxygen atoms in total. The van der Waals surface area contributed by atoms with Gasteiger partial charge >= 0.3 is 0 Å². The fourth-order valence-electron chi connectivity index (χ4n) is 3.42. The van der Waals surface area contributed by atoms with Crippen molar-refractivity contribution in [2.24, 2.45) is 7.05 Å². The van der Waals surface area contributed by atoms with Crippen LogP contribution in [0.3, 0.4) is 0 Å². The van der Waals surface area contributed by atoms with Crippen molar-refractivity contribution in [3.8, 4) is 0 Å². The molecule has 0 spiro atoms. The van der Waals surface area contributed by atoms with Gasteiger partial charge in [-0.2, -0.15) is 5.10 Å². The summed E-state index contributed by atoms with van der Waals surface area (Å²) >= 11 is 1.52. The first kappa shape index (κ1) is 17.0. The lowest BCUT2D eigenvalue weighted by atomic mass is 10.1. The van der Waals surface area contributed by atoms with Crippen LogP contribution in [0, 0.1) is 13.8 Å². The van der Waals surface area contributed by atoms with E-state index in [-0.39, 0.29) is 0 Å². The first-order valence-corrected chi connectivity index (χ1v) is 9.53. The second kappa shape index (κ2) is 7.08. The molecule has 0 aromatic carbocycles. The first-order chi connectivity index (χ1) is 12.6. The average molecular weight is 370 g/mol. The highest BCUT2D eigenvalue weighted by atomic mass is 32.1. The fourth-order valence-corrected chi connectivity index (χ4v) is 4.02. The number of aryl methyl sites for hydroxylation is 3. The Kier molecular flexibility index (Phi) is 4.64. The second-order valence-electron chi connectivity index (χ2n) is 6.63. The van der Waals surface area contributed by atoms with Gasteiger partial charge in [0.15, 0.2) is 0 Å². The monoisotopic (exact) mass is 370 g/mol. The summed E-state index contributed by atoms with van der Waals surface area (Å²) in [6.07, 6.45) is 6.29. The van der Waals surface area contributed by atoms with E-state index in [1.807, 2.05) is 37.8 Å². The molecule has 1 unspecified atom stereocenters. The van der Waals surface area contributed by atoms with E-state index in [2.05, 4.69) is 36.7 Å². The Morgan fingerprint density at radius 2 is 2.15 bits per heavy atom. The first-order valence-electron chi connectivity index (χ1n) is 8.71. The molecule has 1 atom stereocenters. The average Bonchev–Trinajstić information content (AvgIpc) is 3.30. The third-order valence-electron chi connectivity index (χ3n) is 4.47. The number of likely N-dealkylation sites (tertiary alicyclic amines) is 1. The molecular weight excluding hydrogens is 348 g/mol. The molecule has 0 radical (unpaired) electrons. The third-order valence-corrected chi connectivity index (χ3v) is 5.22. The lowest BCUT2D eigenvalue weighted by Crippen LogP contribution is -2.23. The number of nitrogens with zero attached hydrogens (tertiary/aromatic N) is 7. The van der Waals surface area contributed by atoms with E-state index in [9.17, 15) is 0 Å². The van der Waals surface area contributed by atoms with Gasteiger partial charge in [0, 0.05) is 31.4 Å². The van der Waals surface area contributed by atoms with Crippen molar-refractivity contribution in [2.45, 2.75) is 39.3 Å². The number of nitrogens with one attached hydrogen (secondary N) is 1. The minimum absolute atomic E-state index is 0.300. The van der Waals surface area contributed by atoms with E-state index >= 15 is 0 Å². The molecular formula is C17H22N8S. The molecule has 9 heteroatoms. The maximum Gasteiger partial charge on any atom is 0.211 e. The molecule has 0 aliphatic carbocycles. The van der Waals surface area contributed by atoms with Gasteiger partial charge in [0.05, 0.1) is 17.9 Å². The molecule has 136 valence electrons. The molecule has 26 heavy (non-hydrogen) atoms. The summed E-state index contributed by atoms with van der Waals surface area (Å²) in [5.74, 6) is 1.54. The van der Waals surface area contributed by atoms with Crippen molar-refractivity contribution < 1.29 is 0 Å². The van der Waals surface area contributed by atoms with Gasteiger partial charge in [-0.25, -0.2) is 9.97 Å². The van der Waals surface area contributed by atoms with Crippen LogP contribution in [0.4, 0.5) is 10.9 Å². The Morgan fingerprint density at radius 1 is 1.27 bits per heavy atom. The smallest absolute Gasteiger partial charge is 0.211 e. The summed E-state index contributed by atoms with van der Waals surface area (Å²) < 4.78 is 1.85. The van der Waals surface area contributed by atoms with E-state index < -0.39 is 0 Å². The molecule has 4 heterocycles. The van der Waals surface area contributed by atoms with Crippen molar-refractivity contribution in [1.29, 1.82) is 0 Å². The lowest BCUT2D eigenvalue weighted by Gasteiger charge is -2.24. The van der Waals surface area contributed by atoms with E-state index in [1.54, 1.807) is 0 Å². The maximum absolute atomic E-state index is 4.71. The van der Waals surface area contributed by atoms with Gasteiger partial charge in [0.1, 0.15) is 16.6 Å². The van der Waals surface area contributed by atoms with Crippen LogP contribution in [0.25, 0.3) is 0 Å². The summed E-state index contributed by atoms with van der Waals surface area (Å²) in [7, 11) is 1.95. The molecule has 1 aliphatic heterocycles. The van der Waals surface area contributed by atoms with Gasteiger partial charge in [0.2, 0.25) is 5.13 Å². The van der Waals surface area contributed by atoms with Gasteiger partial charge in [-0.3, -0.25) is 9.58 Å². The number of anilines is 2. The van der Waals surface area contributed by atoms with E-state index in [0.717, 1.165) is 47.0 Å². The lowest BCUT2D eigenvalue weighted by molar-refractivity contribution is 0.244. The van der Waals surface area contributed by atoms with Gasteiger partial charge in [-0.05, 0) is 33.2 Å². The normalized spacial score (nSPS) is 17.7. The van der Waals surface area contributed by atoms with Crippen molar-refractivity contribution in [1.82, 2.24) is 34.8 Å². The fraction of sp³-hybridized carbons (Fsp3) is 0.471. The number of rotatable bonds is 5. The summed E-state index contributed by atoms with van der Waals surface area (Å²) in [5.41, 5.74) is 2.29. The van der Waals surface area contributed by atoms with Crippen LogP contribution >= 0.6 is 11.3 Å². The highest BCUT2D eigenvalue weighted by Gasteiger charge is 2.28. The molecule has 0 saturated carbocycles. The Bertz CT molecular complexity index is 902. The quantitative estimate of drug-likeness (QED) is 0.739. The second-order valence-corrected chi connectivity index (χ2v) is 7.81. The Hall–Kier alpha value is -2.39. The maximum atomic E-state index is 4.71. The standard InChI is InChI=1S/C17H22N8S/c1-11-19-14(7-16(20-11)21-17-23-22-12(2)26-17)15-5-4-6-25(15)10-13-8-18-24(3)9-13/h7-9,15H,4-6,10H2,1-3H3,(H,19,20,21,23). The van der Waals surface area contributed by atoms with Crippen LogP contribution < -0.4 is 5.32 Å². The van der Waals surface area contributed by atoms with Crippen LogP contribution in [-0.2, 0) is 13.6 Å². The zero-order chi connectivity index (χ0) is 18.1.